The van der Waals surface area contributed by atoms with Crippen LogP contribution in [0.1, 0.15) is 23.7 Å². The fourth-order valence-electron chi connectivity index (χ4n) is 1.98. The van der Waals surface area contributed by atoms with Gasteiger partial charge in [0.1, 0.15) is 12.4 Å². The maximum Gasteiger partial charge on any atom is 0.125 e. The largest absolute Gasteiger partial charge is 0.490 e. The van der Waals surface area contributed by atoms with Crippen LogP contribution in [-0.2, 0) is 4.74 Å². The zero-order valence-electron chi connectivity index (χ0n) is 7.62. The molecule has 0 aliphatic carbocycles. The molecule has 0 aromatic heterocycles. The van der Waals surface area contributed by atoms with Crippen LogP contribution in [0.5, 0.6) is 5.75 Å². The van der Waals surface area contributed by atoms with Crippen molar-refractivity contribution in [2.45, 2.75) is 25.6 Å². The first-order chi connectivity index (χ1) is 6.33. The standard InChI is InChI=1S/C11H12O2/c1-7-2-3-9-10(4-7)12-6-8-5-11(9)13-8/h2-4,8,11H,5-6H2,1H3/t8-,11?/m0/s1. The highest BCUT2D eigenvalue weighted by Gasteiger charge is 2.36. The first-order valence-corrected chi connectivity index (χ1v) is 4.72. The fourth-order valence-corrected chi connectivity index (χ4v) is 1.98. The average molecular weight is 176 g/mol. The van der Waals surface area contributed by atoms with Crippen LogP contribution in [0, 0.1) is 6.92 Å². The van der Waals surface area contributed by atoms with Crippen molar-refractivity contribution in [2.24, 2.45) is 0 Å². The highest BCUT2D eigenvalue weighted by molar-refractivity contribution is 5.40. The van der Waals surface area contributed by atoms with Crippen molar-refractivity contribution in [3.8, 4) is 5.75 Å². The van der Waals surface area contributed by atoms with E-state index in [0.717, 1.165) is 12.2 Å². The van der Waals surface area contributed by atoms with Crippen LogP contribution in [0.15, 0.2) is 18.2 Å². The van der Waals surface area contributed by atoms with Gasteiger partial charge in [-0.15, -0.1) is 0 Å². The predicted molar refractivity (Wildman–Crippen MR) is 48.9 cm³/mol. The van der Waals surface area contributed by atoms with E-state index in [9.17, 15) is 0 Å². The van der Waals surface area contributed by atoms with Gasteiger partial charge < -0.3 is 9.47 Å². The molecule has 0 saturated carbocycles. The Morgan fingerprint density at radius 3 is 3.08 bits per heavy atom. The summed E-state index contributed by atoms with van der Waals surface area (Å²) in [6.45, 7) is 2.80. The van der Waals surface area contributed by atoms with Gasteiger partial charge in [0.15, 0.2) is 0 Å². The molecule has 68 valence electrons. The van der Waals surface area contributed by atoms with Crippen molar-refractivity contribution in [2.75, 3.05) is 6.61 Å². The lowest BCUT2D eigenvalue weighted by molar-refractivity contribution is -0.130. The second kappa shape index (κ2) is 2.48. The molecular weight excluding hydrogens is 164 g/mol. The Kier molecular flexibility index (Phi) is 1.41. The van der Waals surface area contributed by atoms with Gasteiger partial charge in [0.25, 0.3) is 0 Å². The van der Waals surface area contributed by atoms with Gasteiger partial charge in [-0.3, -0.25) is 0 Å². The number of benzene rings is 1. The Labute approximate surface area is 77.5 Å². The second-order valence-electron chi connectivity index (χ2n) is 3.83. The van der Waals surface area contributed by atoms with Crippen LogP contribution in [0.25, 0.3) is 0 Å². The van der Waals surface area contributed by atoms with Crippen LogP contribution in [0.2, 0.25) is 0 Å². The number of aryl methyl sites for hydroxylation is 1. The minimum Gasteiger partial charge on any atom is -0.490 e. The van der Waals surface area contributed by atoms with E-state index < -0.39 is 0 Å². The van der Waals surface area contributed by atoms with Gasteiger partial charge in [0, 0.05) is 12.0 Å². The predicted octanol–water partition coefficient (Wildman–Crippen LogP) is 2.22. The zero-order valence-corrected chi connectivity index (χ0v) is 7.62. The lowest BCUT2D eigenvalue weighted by Crippen LogP contribution is -2.32. The summed E-state index contributed by atoms with van der Waals surface area (Å²) in [7, 11) is 0. The molecule has 1 saturated heterocycles. The molecule has 2 bridgehead atoms. The van der Waals surface area contributed by atoms with Crippen molar-refractivity contribution in [3.63, 3.8) is 0 Å². The van der Waals surface area contributed by atoms with E-state index in [0.29, 0.717) is 18.8 Å². The van der Waals surface area contributed by atoms with Crippen molar-refractivity contribution in [1.82, 2.24) is 0 Å². The highest BCUT2D eigenvalue weighted by atomic mass is 16.6. The number of hydrogen-bond donors (Lipinski definition) is 0. The third-order valence-corrected chi connectivity index (χ3v) is 2.77. The number of hydrogen-bond acceptors (Lipinski definition) is 2. The van der Waals surface area contributed by atoms with E-state index in [1.54, 1.807) is 0 Å². The molecule has 0 radical (unpaired) electrons. The van der Waals surface area contributed by atoms with Gasteiger partial charge >= 0.3 is 0 Å². The van der Waals surface area contributed by atoms with Gasteiger partial charge in [-0.1, -0.05) is 12.1 Å². The number of rotatable bonds is 0. The van der Waals surface area contributed by atoms with Crippen molar-refractivity contribution >= 4 is 0 Å². The van der Waals surface area contributed by atoms with Crippen molar-refractivity contribution in [3.05, 3.63) is 29.3 Å². The number of ether oxygens (including phenoxy) is 2. The van der Waals surface area contributed by atoms with Gasteiger partial charge in [-0.25, -0.2) is 0 Å². The van der Waals surface area contributed by atoms with Crippen LogP contribution in [0.4, 0.5) is 0 Å². The molecule has 2 nitrogen and oxygen atoms in total. The van der Waals surface area contributed by atoms with E-state index in [1.807, 2.05) is 0 Å². The average Bonchev–Trinajstić information content (AvgIpc) is 2.29. The molecule has 2 heteroatoms. The molecule has 13 heavy (non-hydrogen) atoms. The molecule has 0 amide bonds. The normalized spacial score (nSPS) is 29.6. The smallest absolute Gasteiger partial charge is 0.125 e. The molecule has 3 aliphatic heterocycles. The third-order valence-electron chi connectivity index (χ3n) is 2.77. The summed E-state index contributed by atoms with van der Waals surface area (Å²) in [5.41, 5.74) is 2.47. The van der Waals surface area contributed by atoms with Gasteiger partial charge in [0.05, 0.1) is 12.2 Å². The lowest BCUT2D eigenvalue weighted by atomic mass is 9.98. The molecular formula is C11H12O2. The zero-order chi connectivity index (χ0) is 8.84. The second-order valence-corrected chi connectivity index (χ2v) is 3.83. The quantitative estimate of drug-likeness (QED) is 0.603. The summed E-state index contributed by atoms with van der Waals surface area (Å²) in [6, 6.07) is 6.33. The molecule has 0 spiro atoms. The SMILES string of the molecule is Cc1ccc2c(c1)OC[C@@H]1CC2O1. The first-order valence-electron chi connectivity index (χ1n) is 4.72. The molecule has 3 heterocycles. The minimum atomic E-state index is 0.295. The Morgan fingerprint density at radius 2 is 2.23 bits per heavy atom. The van der Waals surface area contributed by atoms with Gasteiger partial charge in [-0.2, -0.15) is 0 Å². The van der Waals surface area contributed by atoms with E-state index in [2.05, 4.69) is 25.1 Å². The summed E-state index contributed by atoms with van der Waals surface area (Å²) in [5.74, 6) is 1.02. The topological polar surface area (TPSA) is 18.5 Å². The Hall–Kier alpha value is -1.02. The van der Waals surface area contributed by atoms with Crippen LogP contribution >= 0.6 is 0 Å². The number of fused-ring (bicyclic) bond motifs is 1. The van der Waals surface area contributed by atoms with E-state index in [4.69, 9.17) is 9.47 Å². The van der Waals surface area contributed by atoms with Crippen LogP contribution in [-0.4, -0.2) is 12.7 Å². The summed E-state index contributed by atoms with van der Waals surface area (Å²) < 4.78 is 11.3. The molecule has 2 atom stereocenters. The van der Waals surface area contributed by atoms with E-state index in [-0.39, 0.29) is 0 Å². The Bertz CT molecular complexity index is 340. The van der Waals surface area contributed by atoms with Crippen molar-refractivity contribution < 1.29 is 9.47 Å². The van der Waals surface area contributed by atoms with Crippen LogP contribution < -0.4 is 4.74 Å². The maximum atomic E-state index is 5.66. The summed E-state index contributed by atoms with van der Waals surface area (Å²) in [5, 5.41) is 0. The monoisotopic (exact) mass is 176 g/mol. The van der Waals surface area contributed by atoms with Crippen molar-refractivity contribution in [1.29, 1.82) is 0 Å². The van der Waals surface area contributed by atoms with E-state index >= 15 is 0 Å². The van der Waals surface area contributed by atoms with E-state index in [1.165, 1.54) is 11.1 Å². The molecule has 4 rings (SSSR count). The van der Waals surface area contributed by atoms with Gasteiger partial charge in [0.2, 0.25) is 0 Å². The third kappa shape index (κ3) is 1.05. The summed E-state index contributed by atoms with van der Waals surface area (Å²) in [6.07, 6.45) is 1.75. The minimum absolute atomic E-state index is 0.295. The first kappa shape index (κ1) is 7.39. The van der Waals surface area contributed by atoms with Gasteiger partial charge in [-0.05, 0) is 18.6 Å². The highest BCUT2D eigenvalue weighted by Crippen LogP contribution is 2.42. The fraction of sp³-hybridized carbons (Fsp3) is 0.455. The molecule has 1 aromatic carbocycles. The molecule has 1 aromatic rings. The Balaban J connectivity index is 2.08. The summed E-state index contributed by atoms with van der Waals surface area (Å²) >= 11 is 0. The maximum absolute atomic E-state index is 5.66. The molecule has 1 fully saturated rings. The molecule has 3 aliphatic rings. The Morgan fingerprint density at radius 1 is 1.38 bits per heavy atom. The molecule has 0 N–H and O–H groups in total. The summed E-state index contributed by atoms with van der Waals surface area (Å²) in [4.78, 5) is 0. The lowest BCUT2D eigenvalue weighted by Gasteiger charge is -2.32. The molecule has 1 unspecified atom stereocenters. The van der Waals surface area contributed by atoms with Crippen LogP contribution in [0.3, 0.4) is 0 Å².